The van der Waals surface area contributed by atoms with Gasteiger partial charge in [0.2, 0.25) is 0 Å². The Labute approximate surface area is 166 Å². The van der Waals surface area contributed by atoms with Crippen molar-refractivity contribution in [3.63, 3.8) is 0 Å². The van der Waals surface area contributed by atoms with Crippen LogP contribution in [0, 0.1) is 6.92 Å². The highest BCUT2D eigenvalue weighted by molar-refractivity contribution is 14.0. The zero-order valence-corrected chi connectivity index (χ0v) is 18.6. The van der Waals surface area contributed by atoms with Gasteiger partial charge in [-0.15, -0.1) is 35.3 Å². The summed E-state index contributed by atoms with van der Waals surface area (Å²) in [5, 5.41) is 6.91. The number of unbranched alkanes of at least 4 members (excludes halogenated alkanes) is 1. The van der Waals surface area contributed by atoms with Gasteiger partial charge in [-0.05, 0) is 40.0 Å². The quantitative estimate of drug-likeness (QED) is 0.309. The second-order valence-corrected chi connectivity index (χ2v) is 9.09. The van der Waals surface area contributed by atoms with Gasteiger partial charge in [0.15, 0.2) is 5.96 Å². The number of rotatable bonds is 5. The fraction of sp³-hybridized carbons (Fsp3) is 0.750. The Morgan fingerprint density at radius 3 is 2.83 bits per heavy atom. The van der Waals surface area contributed by atoms with Crippen molar-refractivity contribution in [3.8, 4) is 0 Å². The lowest BCUT2D eigenvalue weighted by Crippen LogP contribution is -2.51. The van der Waals surface area contributed by atoms with Gasteiger partial charge in [-0.3, -0.25) is 4.99 Å². The molecule has 0 amide bonds. The number of aliphatic imine (C=N–C) groups is 1. The molecule has 0 spiro atoms. The van der Waals surface area contributed by atoms with Gasteiger partial charge >= 0.3 is 0 Å². The number of guanidine groups is 1. The van der Waals surface area contributed by atoms with Crippen LogP contribution in [-0.4, -0.2) is 53.0 Å². The largest absolute Gasteiger partial charge is 0.356 e. The van der Waals surface area contributed by atoms with Gasteiger partial charge in [0.25, 0.3) is 0 Å². The van der Waals surface area contributed by atoms with Crippen molar-refractivity contribution >= 4 is 53.0 Å². The van der Waals surface area contributed by atoms with Crippen molar-refractivity contribution in [2.24, 2.45) is 4.99 Å². The molecule has 0 radical (unpaired) electrons. The number of hydrogen-bond donors (Lipinski definition) is 1. The second-order valence-electron chi connectivity index (χ2n) is 6.34. The molecule has 1 N–H and O–H groups in total. The van der Waals surface area contributed by atoms with E-state index in [2.05, 4.69) is 58.1 Å². The van der Waals surface area contributed by atoms with Crippen molar-refractivity contribution in [2.75, 3.05) is 32.4 Å². The molecule has 0 saturated carbocycles. The van der Waals surface area contributed by atoms with Crippen LogP contribution in [-0.2, 0) is 6.42 Å². The average Bonchev–Trinajstić information content (AvgIpc) is 2.87. The second kappa shape index (κ2) is 10.1. The zero-order chi connectivity index (χ0) is 16.0. The SMILES string of the molecule is CN=C(NCCCCc1nc(C)cs1)N1CCSC(C)(C)C1.I. The molecule has 0 unspecified atom stereocenters. The molecule has 2 rings (SSSR count). The Kier molecular flexibility index (Phi) is 9.21. The van der Waals surface area contributed by atoms with Crippen molar-refractivity contribution in [3.05, 3.63) is 16.1 Å². The first-order chi connectivity index (χ1) is 10.5. The number of hydrogen-bond acceptors (Lipinski definition) is 4. The monoisotopic (exact) mass is 468 g/mol. The molecule has 0 atom stereocenters. The molecule has 132 valence electrons. The number of aryl methyl sites for hydroxylation is 2. The minimum Gasteiger partial charge on any atom is -0.356 e. The van der Waals surface area contributed by atoms with Gasteiger partial charge in [0.1, 0.15) is 0 Å². The lowest BCUT2D eigenvalue weighted by atomic mass is 10.2. The summed E-state index contributed by atoms with van der Waals surface area (Å²) in [7, 11) is 1.88. The highest BCUT2D eigenvalue weighted by Crippen LogP contribution is 2.29. The first-order valence-electron chi connectivity index (χ1n) is 8.01. The predicted molar refractivity (Wildman–Crippen MR) is 115 cm³/mol. The third-order valence-electron chi connectivity index (χ3n) is 3.70. The van der Waals surface area contributed by atoms with E-state index >= 15 is 0 Å². The van der Waals surface area contributed by atoms with E-state index < -0.39 is 0 Å². The van der Waals surface area contributed by atoms with Crippen LogP contribution in [0.3, 0.4) is 0 Å². The molecule has 0 bridgehead atoms. The summed E-state index contributed by atoms with van der Waals surface area (Å²) in [4.78, 5) is 11.4. The maximum atomic E-state index is 4.51. The van der Waals surface area contributed by atoms with Crippen LogP contribution >= 0.6 is 47.1 Å². The van der Waals surface area contributed by atoms with E-state index in [4.69, 9.17) is 0 Å². The van der Waals surface area contributed by atoms with E-state index in [0.717, 1.165) is 44.1 Å². The molecule has 1 aromatic rings. The van der Waals surface area contributed by atoms with Crippen LogP contribution in [0.5, 0.6) is 0 Å². The van der Waals surface area contributed by atoms with Gasteiger partial charge in [0, 0.05) is 48.3 Å². The number of aromatic nitrogens is 1. The molecule has 1 saturated heterocycles. The number of thiazole rings is 1. The summed E-state index contributed by atoms with van der Waals surface area (Å²) in [5.41, 5.74) is 1.14. The molecule has 0 aromatic carbocycles. The molecule has 0 aliphatic carbocycles. The Bertz CT molecular complexity index is 502. The molecule has 1 aliphatic rings. The lowest BCUT2D eigenvalue weighted by Gasteiger charge is -2.39. The van der Waals surface area contributed by atoms with Crippen LogP contribution in [0.25, 0.3) is 0 Å². The van der Waals surface area contributed by atoms with Gasteiger partial charge in [-0.25, -0.2) is 4.98 Å². The molecular weight excluding hydrogens is 439 g/mol. The van der Waals surface area contributed by atoms with E-state index in [1.54, 1.807) is 11.3 Å². The summed E-state index contributed by atoms with van der Waals surface area (Å²) < 4.78 is 0.318. The highest BCUT2D eigenvalue weighted by atomic mass is 127. The number of thioether (sulfide) groups is 1. The molecule has 2 heterocycles. The van der Waals surface area contributed by atoms with Crippen LogP contribution < -0.4 is 5.32 Å². The van der Waals surface area contributed by atoms with Crippen molar-refractivity contribution in [2.45, 2.75) is 44.8 Å². The van der Waals surface area contributed by atoms with Crippen molar-refractivity contribution < 1.29 is 0 Å². The molecule has 7 heteroatoms. The summed E-state index contributed by atoms with van der Waals surface area (Å²) in [6.07, 6.45) is 3.42. The lowest BCUT2D eigenvalue weighted by molar-refractivity contribution is 0.375. The topological polar surface area (TPSA) is 40.5 Å². The molecule has 1 aliphatic heterocycles. The third kappa shape index (κ3) is 7.17. The van der Waals surface area contributed by atoms with Crippen LogP contribution in [0.15, 0.2) is 10.4 Å². The van der Waals surface area contributed by atoms with Crippen molar-refractivity contribution in [1.82, 2.24) is 15.2 Å². The minimum atomic E-state index is 0. The molecular formula is C16H29IN4S2. The first-order valence-corrected chi connectivity index (χ1v) is 9.87. The van der Waals surface area contributed by atoms with E-state index in [1.807, 2.05) is 7.05 Å². The predicted octanol–water partition coefficient (Wildman–Crippen LogP) is 3.80. The Hall–Kier alpha value is -0.0200. The maximum absolute atomic E-state index is 4.51. The number of nitrogens with one attached hydrogen (secondary N) is 1. The first kappa shape index (κ1) is 21.0. The van der Waals surface area contributed by atoms with E-state index in [1.165, 1.54) is 17.2 Å². The average molecular weight is 468 g/mol. The molecule has 4 nitrogen and oxygen atoms in total. The summed E-state index contributed by atoms with van der Waals surface area (Å²) in [5.74, 6) is 2.23. The summed E-state index contributed by atoms with van der Waals surface area (Å²) in [6.45, 7) is 9.83. The van der Waals surface area contributed by atoms with Gasteiger partial charge in [-0.2, -0.15) is 11.8 Å². The Balaban J connectivity index is 0.00000264. The smallest absolute Gasteiger partial charge is 0.193 e. The van der Waals surface area contributed by atoms with E-state index in [-0.39, 0.29) is 24.0 Å². The highest BCUT2D eigenvalue weighted by Gasteiger charge is 2.28. The summed E-state index contributed by atoms with van der Waals surface area (Å²) in [6, 6.07) is 0. The normalized spacial score (nSPS) is 17.7. The summed E-state index contributed by atoms with van der Waals surface area (Å²) >= 11 is 3.83. The van der Waals surface area contributed by atoms with Crippen LogP contribution in [0.4, 0.5) is 0 Å². The van der Waals surface area contributed by atoms with Gasteiger partial charge < -0.3 is 10.2 Å². The van der Waals surface area contributed by atoms with Crippen LogP contribution in [0.2, 0.25) is 0 Å². The van der Waals surface area contributed by atoms with E-state index in [0.29, 0.717) is 4.75 Å². The number of nitrogens with zero attached hydrogens (tertiary/aromatic N) is 3. The van der Waals surface area contributed by atoms with Crippen molar-refractivity contribution in [1.29, 1.82) is 0 Å². The zero-order valence-electron chi connectivity index (χ0n) is 14.6. The standard InChI is InChI=1S/C16H28N4S2.HI/c1-13-11-21-14(19-13)7-5-6-8-18-15(17-4)20-9-10-22-16(2,3)12-20;/h11H,5-10,12H2,1-4H3,(H,17,18);1H. The Morgan fingerprint density at radius 2 is 2.22 bits per heavy atom. The molecule has 1 fully saturated rings. The maximum Gasteiger partial charge on any atom is 0.193 e. The fourth-order valence-corrected chi connectivity index (χ4v) is 4.58. The van der Waals surface area contributed by atoms with E-state index in [9.17, 15) is 0 Å². The molecule has 23 heavy (non-hydrogen) atoms. The minimum absolute atomic E-state index is 0. The van der Waals surface area contributed by atoms with Crippen LogP contribution in [0.1, 0.15) is 37.4 Å². The Morgan fingerprint density at radius 1 is 1.43 bits per heavy atom. The fourth-order valence-electron chi connectivity index (χ4n) is 2.65. The number of halogens is 1. The van der Waals surface area contributed by atoms with Gasteiger partial charge in [0.05, 0.1) is 5.01 Å². The van der Waals surface area contributed by atoms with Gasteiger partial charge in [-0.1, -0.05) is 0 Å². The molecule has 1 aromatic heterocycles. The third-order valence-corrected chi connectivity index (χ3v) is 6.03.